The second-order valence-electron chi connectivity index (χ2n) is 7.74. The number of ether oxygens (including phenoxy) is 1. The van der Waals surface area contributed by atoms with E-state index in [9.17, 15) is 4.79 Å². The second-order valence-corrected chi connectivity index (χ2v) is 8.84. The number of nitrogens with zero attached hydrogens (tertiary/aromatic N) is 3. The molecule has 4 aromatic rings. The topological polar surface area (TPSA) is 55.3 Å². The molecule has 0 N–H and O–H groups in total. The first-order chi connectivity index (χ1) is 15.5. The molecule has 5 nitrogen and oxygen atoms in total. The summed E-state index contributed by atoms with van der Waals surface area (Å²) in [6.45, 7) is 0.820. The molecule has 0 aliphatic carbocycles. The molecule has 160 valence electrons. The number of fused-ring (bicyclic) bond motifs is 2. The number of methoxy groups -OCH3 is 1. The first-order valence-corrected chi connectivity index (χ1v) is 11.3. The van der Waals surface area contributed by atoms with Gasteiger partial charge in [0.25, 0.3) is 0 Å². The molecule has 5 rings (SSSR count). The third kappa shape index (κ3) is 3.83. The molecular weight excluding hydrogens is 441 g/mol. The number of esters is 1. The van der Waals surface area contributed by atoms with Crippen molar-refractivity contribution in [1.82, 2.24) is 9.97 Å². The largest absolute Gasteiger partial charge is 0.465 e. The number of anilines is 2. The Labute approximate surface area is 193 Å². The summed E-state index contributed by atoms with van der Waals surface area (Å²) in [7, 11) is 4.08. The fraction of sp³-hybridized carbons (Fsp3) is 0.160. The SMILES string of the molecule is COC(=O)c1ccc2nc(-c3ccc(P)cc3)c(N3CCCc4cc(Cl)ccc43)nc2c1. The van der Waals surface area contributed by atoms with Crippen molar-refractivity contribution in [3.63, 3.8) is 0 Å². The molecule has 7 heteroatoms. The van der Waals surface area contributed by atoms with Gasteiger partial charge in [0.1, 0.15) is 5.69 Å². The Kier molecular flexibility index (Phi) is 5.54. The molecule has 0 saturated heterocycles. The maximum atomic E-state index is 12.1. The molecule has 1 unspecified atom stereocenters. The molecule has 0 saturated carbocycles. The van der Waals surface area contributed by atoms with Gasteiger partial charge in [0, 0.05) is 22.8 Å². The monoisotopic (exact) mass is 461 g/mol. The van der Waals surface area contributed by atoms with Gasteiger partial charge in [0.05, 0.1) is 23.7 Å². The van der Waals surface area contributed by atoms with Crippen molar-refractivity contribution in [3.05, 3.63) is 76.8 Å². The number of aryl methyl sites for hydroxylation is 1. The fourth-order valence-corrected chi connectivity index (χ4v) is 4.49. The van der Waals surface area contributed by atoms with E-state index in [2.05, 4.69) is 26.3 Å². The summed E-state index contributed by atoms with van der Waals surface area (Å²) < 4.78 is 4.88. The normalized spacial score (nSPS) is 13.2. The summed E-state index contributed by atoms with van der Waals surface area (Å²) >= 11 is 6.26. The molecule has 0 spiro atoms. The number of rotatable bonds is 3. The Hall–Kier alpha value is -3.01. The molecule has 1 aromatic heterocycles. The average molecular weight is 462 g/mol. The molecule has 1 aliphatic rings. The third-order valence-electron chi connectivity index (χ3n) is 5.67. The molecule has 0 amide bonds. The molecule has 0 fully saturated rings. The van der Waals surface area contributed by atoms with Crippen LogP contribution in [0.1, 0.15) is 22.3 Å². The molecule has 1 atom stereocenters. The van der Waals surface area contributed by atoms with Gasteiger partial charge in [-0.3, -0.25) is 0 Å². The van der Waals surface area contributed by atoms with Gasteiger partial charge in [-0.1, -0.05) is 35.9 Å². The van der Waals surface area contributed by atoms with Crippen LogP contribution in [0, 0.1) is 0 Å². The Morgan fingerprint density at radius 1 is 1.03 bits per heavy atom. The van der Waals surface area contributed by atoms with E-state index in [4.69, 9.17) is 26.3 Å². The lowest BCUT2D eigenvalue weighted by molar-refractivity contribution is 0.0601. The summed E-state index contributed by atoms with van der Waals surface area (Å²) in [6.07, 6.45) is 1.95. The summed E-state index contributed by atoms with van der Waals surface area (Å²) in [5, 5.41) is 1.83. The number of hydrogen-bond acceptors (Lipinski definition) is 5. The van der Waals surface area contributed by atoms with Gasteiger partial charge in [-0.2, -0.15) is 0 Å². The Bertz CT molecular complexity index is 1340. The van der Waals surface area contributed by atoms with Gasteiger partial charge >= 0.3 is 5.97 Å². The highest BCUT2D eigenvalue weighted by Gasteiger charge is 2.24. The molecule has 1 aliphatic heterocycles. The smallest absolute Gasteiger partial charge is 0.337 e. The van der Waals surface area contributed by atoms with Crippen molar-refractivity contribution >= 4 is 54.7 Å². The van der Waals surface area contributed by atoms with Crippen molar-refractivity contribution in [2.24, 2.45) is 0 Å². The van der Waals surface area contributed by atoms with Crippen molar-refractivity contribution in [2.45, 2.75) is 12.8 Å². The number of aromatic nitrogens is 2. The molecule has 0 bridgehead atoms. The van der Waals surface area contributed by atoms with Crippen molar-refractivity contribution in [3.8, 4) is 11.3 Å². The summed E-state index contributed by atoms with van der Waals surface area (Å²) in [5.74, 6) is 0.368. The van der Waals surface area contributed by atoms with Crippen LogP contribution in [0.25, 0.3) is 22.3 Å². The van der Waals surface area contributed by atoms with E-state index in [1.165, 1.54) is 12.7 Å². The predicted octanol–water partition coefficient (Wildman–Crippen LogP) is 5.32. The number of carbonyl (C=O) groups is 1. The average Bonchev–Trinajstić information content (AvgIpc) is 2.82. The lowest BCUT2D eigenvalue weighted by atomic mass is 10.0. The van der Waals surface area contributed by atoms with Crippen LogP contribution in [-0.2, 0) is 11.2 Å². The summed E-state index contributed by atoms with van der Waals surface area (Å²) in [6, 6.07) is 19.4. The van der Waals surface area contributed by atoms with Gasteiger partial charge in [0.15, 0.2) is 5.82 Å². The number of halogens is 1. The van der Waals surface area contributed by atoms with E-state index < -0.39 is 5.97 Å². The molecule has 3 aromatic carbocycles. The van der Waals surface area contributed by atoms with Crippen molar-refractivity contribution in [2.75, 3.05) is 18.6 Å². The van der Waals surface area contributed by atoms with E-state index in [0.717, 1.165) is 58.0 Å². The lowest BCUT2D eigenvalue weighted by Crippen LogP contribution is -2.26. The quantitative estimate of drug-likeness (QED) is 0.305. The van der Waals surface area contributed by atoms with Crippen LogP contribution in [0.4, 0.5) is 11.5 Å². The first kappa shape index (κ1) is 20.9. The van der Waals surface area contributed by atoms with Crippen LogP contribution < -0.4 is 10.2 Å². The van der Waals surface area contributed by atoms with Crippen molar-refractivity contribution < 1.29 is 9.53 Å². The van der Waals surface area contributed by atoms with Gasteiger partial charge in [-0.15, -0.1) is 9.24 Å². The van der Waals surface area contributed by atoms with Crippen LogP contribution in [-0.4, -0.2) is 29.6 Å². The highest BCUT2D eigenvalue weighted by atomic mass is 35.5. The van der Waals surface area contributed by atoms with Crippen molar-refractivity contribution in [1.29, 1.82) is 0 Å². The van der Waals surface area contributed by atoms with Crippen LogP contribution in [0.3, 0.4) is 0 Å². The zero-order valence-electron chi connectivity index (χ0n) is 17.5. The maximum Gasteiger partial charge on any atom is 0.337 e. The van der Waals surface area contributed by atoms with Gasteiger partial charge in [-0.25, -0.2) is 14.8 Å². The molecular formula is C25H21ClN3O2P. The maximum absolute atomic E-state index is 12.1. The first-order valence-electron chi connectivity index (χ1n) is 10.4. The zero-order chi connectivity index (χ0) is 22.2. The van der Waals surface area contributed by atoms with Gasteiger partial charge < -0.3 is 9.64 Å². The summed E-state index contributed by atoms with van der Waals surface area (Å²) in [5.41, 5.74) is 5.89. The zero-order valence-corrected chi connectivity index (χ0v) is 19.4. The number of hydrogen-bond donors (Lipinski definition) is 0. The van der Waals surface area contributed by atoms with Crippen LogP contribution in [0.15, 0.2) is 60.7 Å². The predicted molar refractivity (Wildman–Crippen MR) is 132 cm³/mol. The van der Waals surface area contributed by atoms with Gasteiger partial charge in [-0.05, 0) is 60.1 Å². The number of benzene rings is 3. The highest BCUT2D eigenvalue weighted by molar-refractivity contribution is 7.27. The van der Waals surface area contributed by atoms with E-state index >= 15 is 0 Å². The Morgan fingerprint density at radius 2 is 1.84 bits per heavy atom. The van der Waals surface area contributed by atoms with Crippen LogP contribution in [0.2, 0.25) is 5.02 Å². The van der Waals surface area contributed by atoms with E-state index in [0.29, 0.717) is 11.1 Å². The van der Waals surface area contributed by atoms with Gasteiger partial charge in [0.2, 0.25) is 0 Å². The lowest BCUT2D eigenvalue weighted by Gasteiger charge is -2.31. The molecule has 32 heavy (non-hydrogen) atoms. The minimum atomic E-state index is -0.395. The van der Waals surface area contributed by atoms with E-state index in [-0.39, 0.29) is 0 Å². The van der Waals surface area contributed by atoms with E-state index in [1.54, 1.807) is 12.1 Å². The fourth-order valence-electron chi connectivity index (χ4n) is 4.10. The minimum Gasteiger partial charge on any atom is -0.465 e. The molecule has 0 radical (unpaired) electrons. The second kappa shape index (κ2) is 8.50. The standard InChI is InChI=1S/C25H21ClN3O2P/c1-31-25(30)17-6-10-20-21(14-17)28-24(23(27-20)15-4-8-19(32)9-5-15)29-12-2-3-16-13-18(26)7-11-22(16)29/h4-11,13-14H,2-3,12,32H2,1H3. The molecule has 2 heterocycles. The summed E-state index contributed by atoms with van der Waals surface area (Å²) in [4.78, 5) is 24.3. The minimum absolute atomic E-state index is 0.395. The van der Waals surface area contributed by atoms with E-state index in [1.807, 2.05) is 36.4 Å². The Balaban J connectivity index is 1.74. The van der Waals surface area contributed by atoms with Crippen LogP contribution >= 0.6 is 20.8 Å². The highest BCUT2D eigenvalue weighted by Crippen LogP contribution is 2.39. The Morgan fingerprint density at radius 3 is 2.62 bits per heavy atom. The number of carbonyl (C=O) groups excluding carboxylic acids is 1. The third-order valence-corrected chi connectivity index (χ3v) is 6.29. The van der Waals surface area contributed by atoms with Crippen LogP contribution in [0.5, 0.6) is 0 Å².